The standard InChI is InChI=1S/C22H19O3/c23-14-13-20(22(24)25-16-17-7-2-1-3-8-17)15-19-11-6-10-18-9-4-5-12-21(18)19/h1-12,20H,13,15-16H2/t20-/m0/s1. The van der Waals surface area contributed by atoms with Crippen LogP contribution in [-0.4, -0.2) is 12.3 Å². The summed E-state index contributed by atoms with van der Waals surface area (Å²) in [5.74, 6) is -0.882. The number of fused-ring (bicyclic) bond motifs is 1. The fraction of sp³-hybridized carbons (Fsp3) is 0.182. The zero-order valence-corrected chi connectivity index (χ0v) is 13.9. The van der Waals surface area contributed by atoms with Gasteiger partial charge in [0.15, 0.2) is 6.29 Å². The second-order valence-electron chi connectivity index (χ2n) is 5.98. The van der Waals surface area contributed by atoms with Crippen LogP contribution in [-0.2, 0) is 27.4 Å². The van der Waals surface area contributed by atoms with Gasteiger partial charge in [0.25, 0.3) is 0 Å². The first-order valence-electron chi connectivity index (χ1n) is 8.30. The molecule has 0 aliphatic rings. The molecule has 0 heterocycles. The highest BCUT2D eigenvalue weighted by Crippen LogP contribution is 2.23. The van der Waals surface area contributed by atoms with Crippen molar-refractivity contribution in [1.82, 2.24) is 0 Å². The van der Waals surface area contributed by atoms with Gasteiger partial charge in [-0.1, -0.05) is 72.8 Å². The highest BCUT2D eigenvalue weighted by atomic mass is 16.5. The van der Waals surface area contributed by atoms with Gasteiger partial charge in [-0.25, -0.2) is 0 Å². The summed E-state index contributed by atoms with van der Waals surface area (Å²) in [6, 6.07) is 23.5. The van der Waals surface area contributed by atoms with Crippen molar-refractivity contribution in [2.24, 2.45) is 5.92 Å². The van der Waals surface area contributed by atoms with Crippen molar-refractivity contribution in [3.05, 3.63) is 83.9 Å². The molecule has 3 aromatic carbocycles. The molecule has 3 heteroatoms. The minimum atomic E-state index is -0.521. The minimum Gasteiger partial charge on any atom is -0.461 e. The summed E-state index contributed by atoms with van der Waals surface area (Å²) in [5, 5.41) is 2.21. The van der Waals surface area contributed by atoms with Crippen molar-refractivity contribution in [2.75, 3.05) is 0 Å². The lowest BCUT2D eigenvalue weighted by atomic mass is 9.93. The summed E-state index contributed by atoms with van der Waals surface area (Å²) in [4.78, 5) is 23.4. The van der Waals surface area contributed by atoms with Crippen LogP contribution >= 0.6 is 0 Å². The van der Waals surface area contributed by atoms with Crippen molar-refractivity contribution >= 4 is 23.0 Å². The molecule has 0 unspecified atom stereocenters. The summed E-state index contributed by atoms with van der Waals surface area (Å²) in [6.07, 6.45) is 2.37. The van der Waals surface area contributed by atoms with Crippen LogP contribution in [0.25, 0.3) is 10.8 Å². The zero-order chi connectivity index (χ0) is 17.5. The largest absolute Gasteiger partial charge is 0.461 e. The van der Waals surface area contributed by atoms with Gasteiger partial charge in [0.05, 0.1) is 5.92 Å². The minimum absolute atomic E-state index is 0.0385. The molecule has 0 spiro atoms. The lowest BCUT2D eigenvalue weighted by Gasteiger charge is -2.15. The molecule has 125 valence electrons. The van der Waals surface area contributed by atoms with Crippen LogP contribution in [0.5, 0.6) is 0 Å². The molecule has 0 fully saturated rings. The molecule has 0 aromatic heterocycles. The molecule has 0 saturated carbocycles. The van der Waals surface area contributed by atoms with E-state index < -0.39 is 5.92 Å². The van der Waals surface area contributed by atoms with E-state index in [1.54, 1.807) is 0 Å². The number of rotatable bonds is 7. The zero-order valence-electron chi connectivity index (χ0n) is 13.9. The van der Waals surface area contributed by atoms with Crippen molar-refractivity contribution in [1.29, 1.82) is 0 Å². The molecule has 1 atom stereocenters. The molecule has 3 rings (SSSR count). The Hall–Kier alpha value is -2.94. The Kier molecular flexibility index (Phi) is 5.57. The van der Waals surface area contributed by atoms with E-state index in [9.17, 15) is 9.59 Å². The SMILES string of the molecule is O=[C]C[C@@H](Cc1cccc2ccccc12)C(=O)OCc1ccccc1. The average Bonchev–Trinajstić information content (AvgIpc) is 2.67. The maximum atomic E-state index is 12.4. The van der Waals surface area contributed by atoms with Crippen LogP contribution in [0, 0.1) is 5.92 Å². The Morgan fingerprint density at radius 2 is 1.64 bits per heavy atom. The van der Waals surface area contributed by atoms with Gasteiger partial charge in [-0.3, -0.25) is 9.59 Å². The topological polar surface area (TPSA) is 43.4 Å². The highest BCUT2D eigenvalue weighted by molar-refractivity contribution is 5.86. The third-order valence-corrected chi connectivity index (χ3v) is 4.23. The predicted molar refractivity (Wildman–Crippen MR) is 97.7 cm³/mol. The van der Waals surface area contributed by atoms with E-state index in [2.05, 4.69) is 0 Å². The maximum absolute atomic E-state index is 12.4. The van der Waals surface area contributed by atoms with Crippen LogP contribution in [0.2, 0.25) is 0 Å². The molecule has 0 amide bonds. The fourth-order valence-corrected chi connectivity index (χ4v) is 2.92. The quantitative estimate of drug-likeness (QED) is 0.608. The first-order chi connectivity index (χ1) is 12.3. The van der Waals surface area contributed by atoms with Gasteiger partial charge in [-0.15, -0.1) is 0 Å². The summed E-state index contributed by atoms with van der Waals surface area (Å²) < 4.78 is 5.41. The van der Waals surface area contributed by atoms with Crippen molar-refractivity contribution in [3.63, 3.8) is 0 Å². The molecule has 3 nitrogen and oxygen atoms in total. The van der Waals surface area contributed by atoms with Crippen molar-refractivity contribution in [3.8, 4) is 0 Å². The van der Waals surface area contributed by atoms with Crippen LogP contribution < -0.4 is 0 Å². The smallest absolute Gasteiger partial charge is 0.310 e. The summed E-state index contributed by atoms with van der Waals surface area (Å²) in [7, 11) is 0. The summed E-state index contributed by atoms with van der Waals surface area (Å²) >= 11 is 0. The fourth-order valence-electron chi connectivity index (χ4n) is 2.92. The number of carbonyl (C=O) groups excluding carboxylic acids is 2. The first-order valence-corrected chi connectivity index (χ1v) is 8.30. The van der Waals surface area contributed by atoms with Gasteiger partial charge in [-0.05, 0) is 28.3 Å². The van der Waals surface area contributed by atoms with Gasteiger partial charge < -0.3 is 4.74 Å². The van der Waals surface area contributed by atoms with Gasteiger partial charge >= 0.3 is 5.97 Å². The van der Waals surface area contributed by atoms with E-state index in [0.29, 0.717) is 6.42 Å². The van der Waals surface area contributed by atoms with Crippen molar-refractivity contribution in [2.45, 2.75) is 19.4 Å². The average molecular weight is 331 g/mol. The number of hydrogen-bond acceptors (Lipinski definition) is 3. The lowest BCUT2D eigenvalue weighted by molar-refractivity contribution is -0.149. The molecule has 25 heavy (non-hydrogen) atoms. The molecule has 0 bridgehead atoms. The Labute approximate surface area is 147 Å². The van der Waals surface area contributed by atoms with E-state index in [4.69, 9.17) is 4.74 Å². The molecule has 0 aliphatic heterocycles. The number of ether oxygens (including phenoxy) is 1. The number of carbonyl (C=O) groups is 1. The monoisotopic (exact) mass is 331 g/mol. The molecule has 1 radical (unpaired) electrons. The van der Waals surface area contributed by atoms with E-state index in [-0.39, 0.29) is 19.0 Å². The third-order valence-electron chi connectivity index (χ3n) is 4.23. The van der Waals surface area contributed by atoms with E-state index in [0.717, 1.165) is 21.9 Å². The van der Waals surface area contributed by atoms with Crippen LogP contribution in [0.1, 0.15) is 17.5 Å². The van der Waals surface area contributed by atoms with Crippen LogP contribution in [0.3, 0.4) is 0 Å². The summed E-state index contributed by atoms with van der Waals surface area (Å²) in [6.45, 7) is 0.213. The second-order valence-corrected chi connectivity index (χ2v) is 5.98. The Bertz CT molecular complexity index is 850. The molecular formula is C22H19O3. The Morgan fingerprint density at radius 1 is 0.920 bits per heavy atom. The van der Waals surface area contributed by atoms with Gasteiger partial charge in [-0.2, -0.15) is 0 Å². The maximum Gasteiger partial charge on any atom is 0.310 e. The van der Waals surface area contributed by atoms with Gasteiger partial charge in [0.2, 0.25) is 0 Å². The van der Waals surface area contributed by atoms with Gasteiger partial charge in [0.1, 0.15) is 6.61 Å². The number of benzene rings is 3. The second kappa shape index (κ2) is 8.25. The normalized spacial score (nSPS) is 11.8. The predicted octanol–water partition coefficient (Wildman–Crippen LogP) is 4.24. The van der Waals surface area contributed by atoms with Gasteiger partial charge in [0, 0.05) is 6.42 Å². The molecule has 0 N–H and O–H groups in total. The highest BCUT2D eigenvalue weighted by Gasteiger charge is 2.21. The van der Waals surface area contributed by atoms with E-state index in [1.165, 1.54) is 0 Å². The molecule has 3 aromatic rings. The first kappa shape index (κ1) is 16.9. The van der Waals surface area contributed by atoms with Crippen LogP contribution in [0.15, 0.2) is 72.8 Å². The Balaban J connectivity index is 1.74. The number of esters is 1. The lowest BCUT2D eigenvalue weighted by Crippen LogP contribution is -2.20. The van der Waals surface area contributed by atoms with E-state index >= 15 is 0 Å². The molecule has 0 saturated heterocycles. The van der Waals surface area contributed by atoms with Crippen LogP contribution in [0.4, 0.5) is 0 Å². The Morgan fingerprint density at radius 3 is 2.44 bits per heavy atom. The summed E-state index contributed by atoms with van der Waals surface area (Å²) in [5.41, 5.74) is 1.96. The third kappa shape index (κ3) is 4.32. The van der Waals surface area contributed by atoms with Crippen molar-refractivity contribution < 1.29 is 14.3 Å². The molecular weight excluding hydrogens is 312 g/mol. The van der Waals surface area contributed by atoms with E-state index in [1.807, 2.05) is 79.1 Å². The number of hydrogen-bond donors (Lipinski definition) is 0. The molecule has 0 aliphatic carbocycles.